The maximum absolute atomic E-state index is 13.4. The van der Waals surface area contributed by atoms with Gasteiger partial charge in [0.15, 0.2) is 0 Å². The summed E-state index contributed by atoms with van der Waals surface area (Å²) < 4.78 is 45.4. The lowest BCUT2D eigenvalue weighted by atomic mass is 9.79. The number of hydrogen-bond acceptors (Lipinski definition) is 6. The second-order valence-corrected chi connectivity index (χ2v) is 10.3. The highest BCUT2D eigenvalue weighted by Crippen LogP contribution is 2.40. The number of ether oxygens (including phenoxy) is 1. The van der Waals surface area contributed by atoms with E-state index in [1.165, 1.54) is 11.0 Å². The number of alkyl halides is 3. The highest BCUT2D eigenvalue weighted by Gasteiger charge is 2.36. The van der Waals surface area contributed by atoms with Crippen LogP contribution in [0.15, 0.2) is 54.6 Å². The minimum atomic E-state index is -4.49. The average molecular weight is 545 g/mol. The third-order valence-corrected chi connectivity index (χ3v) is 6.86. The molecule has 2 aromatic heterocycles. The van der Waals surface area contributed by atoms with Crippen LogP contribution < -0.4 is 15.0 Å². The van der Waals surface area contributed by atoms with Crippen LogP contribution in [0.25, 0.3) is 11.3 Å². The molecule has 39 heavy (non-hydrogen) atoms. The molecule has 3 aromatic rings. The second-order valence-electron chi connectivity index (χ2n) is 10.3. The Kier molecular flexibility index (Phi) is 8.12. The molecule has 0 saturated heterocycles. The van der Waals surface area contributed by atoms with Crippen molar-refractivity contribution in [1.29, 1.82) is 0 Å². The second kappa shape index (κ2) is 11.2. The van der Waals surface area contributed by atoms with Gasteiger partial charge < -0.3 is 14.9 Å². The molecular weight excluding hydrogens is 513 g/mol. The standard InChI is InChI=1S/C28H31F3N4O4/c1-17(15-36)22(37)16-39-24-9-5-8-23(33-24)34-26(38)35-13-12-27(2,3)20-10-11-21(32-25(20)35)18-6-4-7-19(14-18)28(29,30)31/h4-11,14,17,22,36-37H,12-13,15-16H2,1-3H3,(H,33,34,38). The number of anilines is 2. The van der Waals surface area contributed by atoms with Gasteiger partial charge in [-0.05, 0) is 36.1 Å². The molecule has 0 saturated carbocycles. The van der Waals surface area contributed by atoms with Gasteiger partial charge in [-0.2, -0.15) is 18.2 Å². The van der Waals surface area contributed by atoms with Crippen LogP contribution in [0.4, 0.5) is 29.6 Å². The van der Waals surface area contributed by atoms with Crippen LogP contribution >= 0.6 is 0 Å². The van der Waals surface area contributed by atoms with Crippen LogP contribution in [-0.2, 0) is 11.6 Å². The van der Waals surface area contributed by atoms with Crippen molar-refractivity contribution >= 4 is 17.7 Å². The summed E-state index contributed by atoms with van der Waals surface area (Å²) >= 11 is 0. The Balaban J connectivity index is 1.58. The van der Waals surface area contributed by atoms with Gasteiger partial charge in [0.2, 0.25) is 5.88 Å². The van der Waals surface area contributed by atoms with E-state index in [-0.39, 0.29) is 36.2 Å². The number of amides is 2. The maximum atomic E-state index is 13.4. The molecule has 3 N–H and O–H groups in total. The third-order valence-electron chi connectivity index (χ3n) is 6.86. The molecule has 11 heteroatoms. The summed E-state index contributed by atoms with van der Waals surface area (Å²) in [6.45, 7) is 5.81. The van der Waals surface area contributed by atoms with Crippen molar-refractivity contribution in [2.24, 2.45) is 5.92 Å². The summed E-state index contributed by atoms with van der Waals surface area (Å²) in [4.78, 5) is 23.7. The van der Waals surface area contributed by atoms with E-state index >= 15 is 0 Å². The Morgan fingerprint density at radius 2 is 1.90 bits per heavy atom. The minimum Gasteiger partial charge on any atom is -0.475 e. The molecule has 1 aliphatic rings. The summed E-state index contributed by atoms with van der Waals surface area (Å²) in [5, 5.41) is 21.9. The molecule has 1 aliphatic heterocycles. The van der Waals surface area contributed by atoms with Crippen LogP contribution in [0.3, 0.4) is 0 Å². The Hall–Kier alpha value is -3.70. The van der Waals surface area contributed by atoms with E-state index < -0.39 is 23.9 Å². The Morgan fingerprint density at radius 3 is 2.62 bits per heavy atom. The van der Waals surface area contributed by atoms with Crippen LogP contribution in [0, 0.1) is 5.92 Å². The first-order valence-corrected chi connectivity index (χ1v) is 12.6. The fourth-order valence-electron chi connectivity index (χ4n) is 4.23. The van der Waals surface area contributed by atoms with Gasteiger partial charge in [-0.3, -0.25) is 10.2 Å². The van der Waals surface area contributed by atoms with Crippen LogP contribution in [0.2, 0.25) is 0 Å². The number of urea groups is 1. The average Bonchev–Trinajstić information content (AvgIpc) is 2.90. The first-order valence-electron chi connectivity index (χ1n) is 12.6. The molecule has 0 spiro atoms. The van der Waals surface area contributed by atoms with E-state index in [9.17, 15) is 23.1 Å². The Labute approximate surface area is 224 Å². The number of halogens is 3. The largest absolute Gasteiger partial charge is 0.475 e. The predicted octanol–water partition coefficient (Wildman–Crippen LogP) is 5.25. The predicted molar refractivity (Wildman–Crippen MR) is 141 cm³/mol. The lowest BCUT2D eigenvalue weighted by Gasteiger charge is -2.38. The molecule has 2 atom stereocenters. The number of aliphatic hydroxyl groups is 2. The van der Waals surface area contributed by atoms with Crippen molar-refractivity contribution in [3.63, 3.8) is 0 Å². The van der Waals surface area contributed by atoms with Crippen molar-refractivity contribution in [2.75, 3.05) is 30.0 Å². The van der Waals surface area contributed by atoms with Gasteiger partial charge in [-0.15, -0.1) is 0 Å². The van der Waals surface area contributed by atoms with E-state index in [2.05, 4.69) is 15.3 Å². The SMILES string of the molecule is CC(CO)C(O)COc1cccc(NC(=O)N2CCC(C)(C)c3ccc(-c4cccc(C(F)(F)F)c4)nc32)n1. The van der Waals surface area contributed by atoms with Crippen molar-refractivity contribution in [3.05, 3.63) is 65.7 Å². The molecule has 2 amide bonds. The number of aromatic nitrogens is 2. The third kappa shape index (κ3) is 6.48. The number of carbonyl (C=O) groups excluding carboxylic acids is 1. The monoisotopic (exact) mass is 544 g/mol. The van der Waals surface area contributed by atoms with Crippen LogP contribution in [0.1, 0.15) is 38.3 Å². The topological polar surface area (TPSA) is 108 Å². The van der Waals surface area contributed by atoms with E-state index in [1.54, 1.807) is 37.3 Å². The van der Waals surface area contributed by atoms with Crippen molar-refractivity contribution in [1.82, 2.24) is 9.97 Å². The lowest BCUT2D eigenvalue weighted by Crippen LogP contribution is -2.44. The minimum absolute atomic E-state index is 0.0804. The zero-order valence-electron chi connectivity index (χ0n) is 21.9. The first kappa shape index (κ1) is 28.3. The summed E-state index contributed by atoms with van der Waals surface area (Å²) in [5.41, 5.74) is 0.335. The fourth-order valence-corrected chi connectivity index (χ4v) is 4.23. The molecule has 1 aromatic carbocycles. The molecule has 0 fully saturated rings. The highest BCUT2D eigenvalue weighted by atomic mass is 19.4. The molecule has 0 radical (unpaired) electrons. The lowest BCUT2D eigenvalue weighted by molar-refractivity contribution is -0.137. The first-order chi connectivity index (χ1) is 18.4. The molecule has 2 unspecified atom stereocenters. The molecule has 0 aliphatic carbocycles. The van der Waals surface area contributed by atoms with E-state index in [0.717, 1.165) is 17.7 Å². The van der Waals surface area contributed by atoms with Crippen molar-refractivity contribution in [2.45, 2.75) is 44.9 Å². The van der Waals surface area contributed by atoms with Gasteiger partial charge in [0.25, 0.3) is 0 Å². The maximum Gasteiger partial charge on any atom is 0.416 e. The van der Waals surface area contributed by atoms with Gasteiger partial charge >= 0.3 is 12.2 Å². The fraction of sp³-hybridized carbons (Fsp3) is 0.393. The van der Waals surface area contributed by atoms with Crippen molar-refractivity contribution in [3.8, 4) is 17.1 Å². The van der Waals surface area contributed by atoms with Crippen LogP contribution in [0.5, 0.6) is 5.88 Å². The number of aliphatic hydroxyl groups excluding tert-OH is 2. The summed E-state index contributed by atoms with van der Waals surface area (Å²) in [7, 11) is 0. The molecule has 208 valence electrons. The molecular formula is C28H31F3N4O4. The normalized spacial score (nSPS) is 16.3. The van der Waals surface area contributed by atoms with Gasteiger partial charge in [0, 0.05) is 36.3 Å². The van der Waals surface area contributed by atoms with Gasteiger partial charge in [-0.1, -0.05) is 45.0 Å². The number of rotatable bonds is 7. The Bertz CT molecular complexity index is 1330. The summed E-state index contributed by atoms with van der Waals surface area (Å²) in [5.74, 6) is 0.390. The van der Waals surface area contributed by atoms with Gasteiger partial charge in [0.05, 0.1) is 17.4 Å². The number of nitrogens with zero attached hydrogens (tertiary/aromatic N) is 3. The summed E-state index contributed by atoms with van der Waals surface area (Å²) in [6, 6.07) is 12.7. The van der Waals surface area contributed by atoms with Crippen molar-refractivity contribution < 1.29 is 32.9 Å². The number of pyridine rings is 2. The van der Waals surface area contributed by atoms with E-state index in [1.807, 2.05) is 19.9 Å². The van der Waals surface area contributed by atoms with E-state index in [0.29, 0.717) is 30.0 Å². The summed E-state index contributed by atoms with van der Waals surface area (Å²) in [6.07, 6.45) is -4.73. The van der Waals surface area contributed by atoms with Gasteiger partial charge in [0.1, 0.15) is 18.2 Å². The molecule has 8 nitrogen and oxygen atoms in total. The zero-order chi connectivity index (χ0) is 28.4. The van der Waals surface area contributed by atoms with Crippen LogP contribution in [-0.4, -0.2) is 52.1 Å². The number of benzene rings is 1. The zero-order valence-corrected chi connectivity index (χ0v) is 21.9. The van der Waals surface area contributed by atoms with Gasteiger partial charge in [-0.25, -0.2) is 9.78 Å². The number of fused-ring (bicyclic) bond motifs is 1. The quantitative estimate of drug-likeness (QED) is 0.375. The number of carbonyl (C=O) groups is 1. The molecule has 3 heterocycles. The molecule has 4 rings (SSSR count). The molecule has 0 bridgehead atoms. The Morgan fingerprint density at radius 1 is 1.15 bits per heavy atom. The smallest absolute Gasteiger partial charge is 0.416 e. The number of hydrogen-bond donors (Lipinski definition) is 3. The number of nitrogens with one attached hydrogen (secondary N) is 1. The van der Waals surface area contributed by atoms with E-state index in [4.69, 9.17) is 9.84 Å². The highest BCUT2D eigenvalue weighted by molar-refractivity contribution is 6.01.